The van der Waals surface area contributed by atoms with Crippen LogP contribution in [0.5, 0.6) is 5.75 Å². The van der Waals surface area contributed by atoms with E-state index >= 15 is 0 Å². The van der Waals surface area contributed by atoms with E-state index in [1.54, 1.807) is 14.0 Å². The number of ether oxygens (including phenoxy) is 1. The number of nitrogens with zero attached hydrogens (tertiary/aromatic N) is 3. The van der Waals surface area contributed by atoms with Crippen molar-refractivity contribution in [3.63, 3.8) is 0 Å². The summed E-state index contributed by atoms with van der Waals surface area (Å²) in [5.41, 5.74) is 1.08. The Labute approximate surface area is 142 Å². The van der Waals surface area contributed by atoms with Gasteiger partial charge in [-0.2, -0.15) is 0 Å². The standard InChI is InChI=1S/C18H24N4O2/c1-14(23)20-11-15-7-9-21(12-15)13-18-19-8-10-22(18)16-3-5-17(24-2)6-4-16/h3-6,8,10,15H,7,9,11-13H2,1-2H3,(H,20,23)/t15-/m0/s1. The first-order valence-corrected chi connectivity index (χ1v) is 8.29. The molecule has 0 spiro atoms. The van der Waals surface area contributed by atoms with Crippen molar-refractivity contribution in [1.82, 2.24) is 19.8 Å². The molecule has 1 aliphatic heterocycles. The summed E-state index contributed by atoms with van der Waals surface area (Å²) in [7, 11) is 1.67. The van der Waals surface area contributed by atoms with Crippen molar-refractivity contribution in [2.24, 2.45) is 5.92 Å². The fourth-order valence-electron chi connectivity index (χ4n) is 3.14. The molecule has 1 amide bonds. The lowest BCUT2D eigenvalue weighted by Crippen LogP contribution is -2.29. The normalized spacial score (nSPS) is 17.8. The van der Waals surface area contributed by atoms with E-state index in [0.29, 0.717) is 5.92 Å². The number of carbonyl (C=O) groups is 1. The van der Waals surface area contributed by atoms with Crippen LogP contribution in [-0.4, -0.2) is 47.1 Å². The van der Waals surface area contributed by atoms with Gasteiger partial charge in [-0.1, -0.05) is 0 Å². The number of rotatable bonds is 6. The summed E-state index contributed by atoms with van der Waals surface area (Å²) in [4.78, 5) is 18.0. The van der Waals surface area contributed by atoms with Crippen molar-refractivity contribution in [3.05, 3.63) is 42.5 Å². The van der Waals surface area contributed by atoms with Crippen molar-refractivity contribution in [1.29, 1.82) is 0 Å². The van der Waals surface area contributed by atoms with Crippen LogP contribution in [0, 0.1) is 5.92 Å². The minimum Gasteiger partial charge on any atom is -0.497 e. The van der Waals surface area contributed by atoms with Crippen molar-refractivity contribution in [3.8, 4) is 11.4 Å². The third-order valence-corrected chi connectivity index (χ3v) is 4.44. The molecule has 0 aliphatic carbocycles. The fourth-order valence-corrected chi connectivity index (χ4v) is 3.14. The molecule has 128 valence electrons. The maximum absolute atomic E-state index is 11.0. The summed E-state index contributed by atoms with van der Waals surface area (Å²) in [5.74, 6) is 2.45. The van der Waals surface area contributed by atoms with E-state index in [4.69, 9.17) is 4.74 Å². The van der Waals surface area contributed by atoms with Gasteiger partial charge in [-0.15, -0.1) is 0 Å². The number of hydrogen-bond acceptors (Lipinski definition) is 4. The van der Waals surface area contributed by atoms with E-state index in [0.717, 1.165) is 49.9 Å². The second-order valence-corrected chi connectivity index (χ2v) is 6.24. The van der Waals surface area contributed by atoms with Crippen molar-refractivity contribution >= 4 is 5.91 Å². The highest BCUT2D eigenvalue weighted by atomic mass is 16.5. The van der Waals surface area contributed by atoms with E-state index < -0.39 is 0 Å². The van der Waals surface area contributed by atoms with Crippen LogP contribution in [0.1, 0.15) is 19.2 Å². The molecule has 1 aliphatic rings. The lowest BCUT2D eigenvalue weighted by atomic mass is 10.1. The summed E-state index contributed by atoms with van der Waals surface area (Å²) >= 11 is 0. The average Bonchev–Trinajstić information content (AvgIpc) is 3.23. The summed E-state index contributed by atoms with van der Waals surface area (Å²) in [6.07, 6.45) is 4.94. The minimum atomic E-state index is 0.0449. The maximum atomic E-state index is 11.0. The predicted molar refractivity (Wildman–Crippen MR) is 92.2 cm³/mol. The van der Waals surface area contributed by atoms with Gasteiger partial charge in [0.05, 0.1) is 13.7 Å². The Morgan fingerprint density at radius 2 is 2.17 bits per heavy atom. The zero-order valence-corrected chi connectivity index (χ0v) is 14.2. The number of hydrogen-bond donors (Lipinski definition) is 1. The van der Waals surface area contributed by atoms with Crippen molar-refractivity contribution < 1.29 is 9.53 Å². The van der Waals surface area contributed by atoms with Gasteiger partial charge in [0.15, 0.2) is 0 Å². The molecule has 3 rings (SSSR count). The number of benzene rings is 1. The molecule has 0 saturated carbocycles. The smallest absolute Gasteiger partial charge is 0.216 e. The Morgan fingerprint density at radius 3 is 2.88 bits per heavy atom. The molecule has 6 heteroatoms. The molecule has 2 aromatic rings. The second kappa shape index (κ2) is 7.49. The molecule has 1 saturated heterocycles. The Bertz CT molecular complexity index is 681. The molecule has 6 nitrogen and oxygen atoms in total. The van der Waals surface area contributed by atoms with Gasteiger partial charge < -0.3 is 14.6 Å². The van der Waals surface area contributed by atoms with Gasteiger partial charge in [-0.05, 0) is 43.1 Å². The molecule has 1 N–H and O–H groups in total. The zero-order chi connectivity index (χ0) is 16.9. The number of imidazole rings is 1. The highest BCUT2D eigenvalue weighted by Gasteiger charge is 2.23. The molecular weight excluding hydrogens is 304 g/mol. The highest BCUT2D eigenvalue weighted by molar-refractivity contribution is 5.72. The Morgan fingerprint density at radius 1 is 1.38 bits per heavy atom. The van der Waals surface area contributed by atoms with Crippen LogP contribution >= 0.6 is 0 Å². The van der Waals surface area contributed by atoms with Crippen molar-refractivity contribution in [2.75, 3.05) is 26.7 Å². The van der Waals surface area contributed by atoms with Crippen LogP contribution in [0.25, 0.3) is 5.69 Å². The second-order valence-electron chi connectivity index (χ2n) is 6.24. The average molecular weight is 328 g/mol. The molecule has 0 radical (unpaired) electrons. The van der Waals surface area contributed by atoms with E-state index in [-0.39, 0.29) is 5.91 Å². The van der Waals surface area contributed by atoms with E-state index in [1.165, 1.54) is 0 Å². The molecule has 1 aromatic heterocycles. The number of methoxy groups -OCH3 is 1. The van der Waals surface area contributed by atoms with Gasteiger partial charge in [0.25, 0.3) is 0 Å². The lowest BCUT2D eigenvalue weighted by molar-refractivity contribution is -0.119. The molecule has 2 heterocycles. The van der Waals surface area contributed by atoms with Crippen molar-refractivity contribution in [2.45, 2.75) is 19.9 Å². The van der Waals surface area contributed by atoms with Gasteiger partial charge in [0.2, 0.25) is 5.91 Å². The third kappa shape index (κ3) is 3.94. The first kappa shape index (κ1) is 16.5. The Kier molecular flexibility index (Phi) is 5.15. The Hall–Kier alpha value is -2.34. The number of aromatic nitrogens is 2. The summed E-state index contributed by atoms with van der Waals surface area (Å²) < 4.78 is 7.32. The molecule has 24 heavy (non-hydrogen) atoms. The van der Waals surface area contributed by atoms with Gasteiger partial charge in [-0.25, -0.2) is 4.98 Å². The largest absolute Gasteiger partial charge is 0.497 e. The van der Waals surface area contributed by atoms with Crippen LogP contribution in [0.4, 0.5) is 0 Å². The number of nitrogens with one attached hydrogen (secondary N) is 1. The van der Waals surface area contributed by atoms with Crippen LogP contribution in [0.15, 0.2) is 36.7 Å². The summed E-state index contributed by atoms with van der Waals surface area (Å²) in [5, 5.41) is 2.92. The zero-order valence-electron chi connectivity index (χ0n) is 14.2. The first-order valence-electron chi connectivity index (χ1n) is 8.29. The molecule has 1 aromatic carbocycles. The molecule has 1 atom stereocenters. The SMILES string of the molecule is COc1ccc(-n2ccnc2CN2CC[C@@H](CNC(C)=O)C2)cc1. The topological polar surface area (TPSA) is 59.4 Å². The Balaban J connectivity index is 1.62. The van der Waals surface area contributed by atoms with Crippen LogP contribution < -0.4 is 10.1 Å². The van der Waals surface area contributed by atoms with Crippen LogP contribution in [0.2, 0.25) is 0 Å². The minimum absolute atomic E-state index is 0.0449. The quantitative estimate of drug-likeness (QED) is 0.879. The third-order valence-electron chi connectivity index (χ3n) is 4.44. The lowest BCUT2D eigenvalue weighted by Gasteiger charge is -2.17. The molecule has 1 fully saturated rings. The van der Waals surface area contributed by atoms with Gasteiger partial charge in [0.1, 0.15) is 11.6 Å². The predicted octanol–water partition coefficient (Wildman–Crippen LogP) is 1.84. The molecular formula is C18H24N4O2. The first-order chi connectivity index (χ1) is 11.7. The van der Waals surface area contributed by atoms with Crippen LogP contribution in [-0.2, 0) is 11.3 Å². The summed E-state index contributed by atoms with van der Waals surface area (Å²) in [6.45, 7) is 5.18. The van der Waals surface area contributed by atoms with E-state index in [1.807, 2.05) is 36.7 Å². The number of carbonyl (C=O) groups excluding carboxylic acids is 1. The van der Waals surface area contributed by atoms with Gasteiger partial charge in [0, 0.05) is 38.1 Å². The molecule has 0 bridgehead atoms. The maximum Gasteiger partial charge on any atom is 0.216 e. The van der Waals surface area contributed by atoms with E-state index in [9.17, 15) is 4.79 Å². The monoisotopic (exact) mass is 328 g/mol. The number of likely N-dealkylation sites (tertiary alicyclic amines) is 1. The van der Waals surface area contributed by atoms with E-state index in [2.05, 4.69) is 19.8 Å². The fraction of sp³-hybridized carbons (Fsp3) is 0.444. The summed E-state index contributed by atoms with van der Waals surface area (Å²) in [6, 6.07) is 7.98. The molecule has 0 unspecified atom stereocenters. The highest BCUT2D eigenvalue weighted by Crippen LogP contribution is 2.20. The number of amides is 1. The van der Waals surface area contributed by atoms with Gasteiger partial charge >= 0.3 is 0 Å². The van der Waals surface area contributed by atoms with Crippen LogP contribution in [0.3, 0.4) is 0 Å². The van der Waals surface area contributed by atoms with Gasteiger partial charge in [-0.3, -0.25) is 9.69 Å².